The molecule has 2 fully saturated rings. The molecule has 0 radical (unpaired) electrons. The molecule has 2 aliphatic rings. The number of ether oxygens (including phenoxy) is 1. The quantitative estimate of drug-likeness (QED) is 0.277. The predicted molar refractivity (Wildman–Crippen MR) is 126 cm³/mol. The molecule has 180 valence electrons. The van der Waals surface area contributed by atoms with Crippen molar-refractivity contribution in [3.05, 3.63) is 0 Å². The van der Waals surface area contributed by atoms with Crippen LogP contribution in [0.25, 0.3) is 0 Å². The molecule has 4 heteroatoms. The first-order valence-corrected chi connectivity index (χ1v) is 13.1. The first-order valence-electron chi connectivity index (χ1n) is 13.1. The molecule has 6 unspecified atom stereocenters. The molecular weight excluding hydrogens is 388 g/mol. The lowest BCUT2D eigenvalue weighted by molar-refractivity contribution is -0.165. The zero-order valence-corrected chi connectivity index (χ0v) is 20.8. The van der Waals surface area contributed by atoms with E-state index in [9.17, 15) is 14.7 Å². The van der Waals surface area contributed by atoms with Crippen LogP contribution in [0.15, 0.2) is 0 Å². The van der Waals surface area contributed by atoms with E-state index in [1.54, 1.807) is 0 Å². The maximum atomic E-state index is 12.9. The molecule has 0 saturated heterocycles. The number of carboxylic acids is 1. The maximum Gasteiger partial charge on any atom is 0.309 e. The summed E-state index contributed by atoms with van der Waals surface area (Å²) >= 11 is 0. The van der Waals surface area contributed by atoms with Crippen LogP contribution in [-0.2, 0) is 14.3 Å². The number of aliphatic carboxylic acids is 1. The maximum absolute atomic E-state index is 12.9. The third kappa shape index (κ3) is 6.71. The van der Waals surface area contributed by atoms with Gasteiger partial charge in [-0.05, 0) is 61.2 Å². The van der Waals surface area contributed by atoms with Crippen molar-refractivity contribution < 1.29 is 19.4 Å². The van der Waals surface area contributed by atoms with E-state index in [1.807, 2.05) is 6.92 Å². The highest BCUT2D eigenvalue weighted by Crippen LogP contribution is 2.51. The molecule has 2 saturated carbocycles. The number of carbonyl (C=O) groups excluding carboxylic acids is 1. The van der Waals surface area contributed by atoms with Crippen molar-refractivity contribution >= 4 is 11.9 Å². The number of hydrogen-bond donors (Lipinski definition) is 1. The summed E-state index contributed by atoms with van der Waals surface area (Å²) in [4.78, 5) is 24.7. The largest absolute Gasteiger partial charge is 0.481 e. The molecule has 0 spiro atoms. The van der Waals surface area contributed by atoms with Crippen LogP contribution in [0.4, 0.5) is 0 Å². The molecule has 0 amide bonds. The zero-order valence-electron chi connectivity index (χ0n) is 20.8. The van der Waals surface area contributed by atoms with Gasteiger partial charge in [-0.1, -0.05) is 79.6 Å². The van der Waals surface area contributed by atoms with Crippen molar-refractivity contribution in [3.8, 4) is 0 Å². The van der Waals surface area contributed by atoms with Gasteiger partial charge in [-0.15, -0.1) is 0 Å². The van der Waals surface area contributed by atoms with Gasteiger partial charge >= 0.3 is 11.9 Å². The smallest absolute Gasteiger partial charge is 0.309 e. The van der Waals surface area contributed by atoms with Crippen molar-refractivity contribution in [1.29, 1.82) is 0 Å². The van der Waals surface area contributed by atoms with Crippen molar-refractivity contribution in [2.24, 2.45) is 40.9 Å². The molecular formula is C27H48O4. The lowest BCUT2D eigenvalue weighted by Gasteiger charge is -2.50. The third-order valence-electron chi connectivity index (χ3n) is 8.73. The highest BCUT2D eigenvalue weighted by atomic mass is 16.5. The Kier molecular flexibility index (Phi) is 10.4. The number of carbonyl (C=O) groups is 2. The molecule has 0 aromatic rings. The minimum Gasteiger partial charge on any atom is -0.481 e. The summed E-state index contributed by atoms with van der Waals surface area (Å²) in [5.41, 5.74) is 0.149. The Labute approximate surface area is 190 Å². The Morgan fingerprint density at radius 3 is 2.35 bits per heavy atom. The van der Waals surface area contributed by atoms with Crippen LogP contribution in [0.3, 0.4) is 0 Å². The number of hydrogen-bond acceptors (Lipinski definition) is 3. The van der Waals surface area contributed by atoms with Gasteiger partial charge in [-0.2, -0.15) is 0 Å². The Bertz CT molecular complexity index is 570. The number of unbranched alkanes of at least 4 members (excludes halogenated alkanes) is 3. The highest BCUT2D eigenvalue weighted by Gasteiger charge is 2.46. The van der Waals surface area contributed by atoms with Gasteiger partial charge in [-0.3, -0.25) is 9.59 Å². The fraction of sp³-hybridized carbons (Fsp3) is 0.926. The van der Waals surface area contributed by atoms with Crippen molar-refractivity contribution in [1.82, 2.24) is 0 Å². The Balaban J connectivity index is 2.01. The zero-order chi connectivity index (χ0) is 23.0. The number of esters is 1. The van der Waals surface area contributed by atoms with Gasteiger partial charge in [0.05, 0.1) is 18.4 Å². The minimum absolute atomic E-state index is 0.0391. The van der Waals surface area contributed by atoms with E-state index < -0.39 is 17.8 Å². The predicted octanol–water partition coefficient (Wildman–Crippen LogP) is 7.11. The van der Waals surface area contributed by atoms with E-state index >= 15 is 0 Å². The monoisotopic (exact) mass is 436 g/mol. The lowest BCUT2D eigenvalue weighted by atomic mass is 9.56. The number of rotatable bonds is 11. The molecule has 2 rings (SSSR count). The van der Waals surface area contributed by atoms with Crippen LogP contribution in [0.1, 0.15) is 112 Å². The van der Waals surface area contributed by atoms with E-state index in [0.717, 1.165) is 25.2 Å². The standard InChI is InChI=1S/C27H48O4/c1-6-8-9-10-15-23-20(12-7-2)16-17-21(27(23,4)5)18-31-26(30)22-14-11-13-19(3)24(22)25(28)29/h19-24H,6-18H2,1-5H3,(H,28,29). The Hall–Kier alpha value is -1.06. The molecule has 0 heterocycles. The van der Waals surface area contributed by atoms with Crippen LogP contribution < -0.4 is 0 Å². The molecule has 2 aliphatic carbocycles. The second-order valence-corrected chi connectivity index (χ2v) is 11.1. The summed E-state index contributed by atoms with van der Waals surface area (Å²) in [5, 5.41) is 9.66. The van der Waals surface area contributed by atoms with Gasteiger partial charge in [0.2, 0.25) is 0 Å². The van der Waals surface area contributed by atoms with Gasteiger partial charge in [0.1, 0.15) is 0 Å². The van der Waals surface area contributed by atoms with Crippen LogP contribution >= 0.6 is 0 Å². The highest BCUT2D eigenvalue weighted by molar-refractivity contribution is 5.81. The van der Waals surface area contributed by atoms with Gasteiger partial charge in [0, 0.05) is 0 Å². The molecule has 1 N–H and O–H groups in total. The summed E-state index contributed by atoms with van der Waals surface area (Å²) < 4.78 is 5.87. The van der Waals surface area contributed by atoms with Gasteiger partial charge < -0.3 is 9.84 Å². The minimum atomic E-state index is -0.846. The van der Waals surface area contributed by atoms with Crippen molar-refractivity contribution in [3.63, 3.8) is 0 Å². The van der Waals surface area contributed by atoms with Crippen LogP contribution in [0.5, 0.6) is 0 Å². The van der Waals surface area contributed by atoms with Crippen LogP contribution in [0.2, 0.25) is 0 Å². The lowest BCUT2D eigenvalue weighted by Crippen LogP contribution is -2.44. The first-order chi connectivity index (χ1) is 14.7. The van der Waals surface area contributed by atoms with Crippen molar-refractivity contribution in [2.45, 2.75) is 112 Å². The van der Waals surface area contributed by atoms with Gasteiger partial charge in [0.15, 0.2) is 0 Å². The average Bonchev–Trinajstić information content (AvgIpc) is 2.71. The molecule has 0 bridgehead atoms. The van der Waals surface area contributed by atoms with E-state index in [0.29, 0.717) is 24.9 Å². The topological polar surface area (TPSA) is 63.6 Å². The second-order valence-electron chi connectivity index (χ2n) is 11.1. The van der Waals surface area contributed by atoms with Crippen molar-refractivity contribution in [2.75, 3.05) is 6.61 Å². The summed E-state index contributed by atoms with van der Waals surface area (Å²) in [5.74, 6) is -0.326. The van der Waals surface area contributed by atoms with E-state index in [1.165, 1.54) is 51.4 Å². The fourth-order valence-corrected chi connectivity index (χ4v) is 6.70. The van der Waals surface area contributed by atoms with Crippen LogP contribution in [0, 0.1) is 40.9 Å². The van der Waals surface area contributed by atoms with Crippen LogP contribution in [-0.4, -0.2) is 23.7 Å². The Morgan fingerprint density at radius 2 is 1.71 bits per heavy atom. The summed E-state index contributed by atoms with van der Waals surface area (Å²) in [6.07, 6.45) is 13.8. The van der Waals surface area contributed by atoms with E-state index in [2.05, 4.69) is 27.7 Å². The Morgan fingerprint density at radius 1 is 0.968 bits per heavy atom. The summed E-state index contributed by atoms with van der Waals surface area (Å²) in [7, 11) is 0. The average molecular weight is 437 g/mol. The SMILES string of the molecule is CCCCCCC1C(CCC)CCC(COC(=O)C2CCCC(C)C2C(=O)O)C1(C)C. The normalized spacial score (nSPS) is 33.1. The first kappa shape index (κ1) is 26.2. The fourth-order valence-electron chi connectivity index (χ4n) is 6.70. The third-order valence-corrected chi connectivity index (χ3v) is 8.73. The molecule has 6 atom stereocenters. The molecule has 4 nitrogen and oxygen atoms in total. The molecule has 0 aromatic heterocycles. The summed E-state index contributed by atoms with van der Waals surface area (Å²) in [6, 6.07) is 0. The van der Waals surface area contributed by atoms with Gasteiger partial charge in [0.25, 0.3) is 0 Å². The molecule has 31 heavy (non-hydrogen) atoms. The van der Waals surface area contributed by atoms with E-state index in [-0.39, 0.29) is 17.3 Å². The number of carboxylic acid groups (broad SMARTS) is 1. The van der Waals surface area contributed by atoms with Gasteiger partial charge in [-0.25, -0.2) is 0 Å². The molecule has 0 aliphatic heterocycles. The molecule has 0 aromatic carbocycles. The van der Waals surface area contributed by atoms with E-state index in [4.69, 9.17) is 4.74 Å². The summed E-state index contributed by atoms with van der Waals surface area (Å²) in [6.45, 7) is 11.7. The second kappa shape index (κ2) is 12.3.